The van der Waals surface area contributed by atoms with E-state index < -0.39 is 10.0 Å². The first-order valence-electron chi connectivity index (χ1n) is 6.77. The van der Waals surface area contributed by atoms with Crippen molar-refractivity contribution in [2.24, 2.45) is 11.8 Å². The topological polar surface area (TPSA) is 67.4 Å². The summed E-state index contributed by atoms with van der Waals surface area (Å²) in [5.74, 6) is 0.523. The fourth-order valence-electron chi connectivity index (χ4n) is 3.21. The molecule has 1 aromatic heterocycles. The van der Waals surface area contributed by atoms with Crippen LogP contribution in [0.2, 0.25) is 4.34 Å². The van der Waals surface area contributed by atoms with Gasteiger partial charge in [0.05, 0.1) is 11.4 Å². The van der Waals surface area contributed by atoms with Crippen LogP contribution in [0.4, 0.5) is 0 Å². The fraction of sp³-hybridized carbons (Fsp3) is 0.538. The van der Waals surface area contributed by atoms with Gasteiger partial charge in [-0.2, -0.15) is 0 Å². The highest BCUT2D eigenvalue weighted by molar-refractivity contribution is 7.91. The predicted molar refractivity (Wildman–Crippen MR) is 82.5 cm³/mol. The lowest BCUT2D eigenvalue weighted by Crippen LogP contribution is -2.43. The zero-order chi connectivity index (χ0) is 15.0. The van der Waals surface area contributed by atoms with Crippen LogP contribution < -0.4 is 10.2 Å². The van der Waals surface area contributed by atoms with Crippen molar-refractivity contribution in [2.75, 3.05) is 7.11 Å². The standard InChI is InChI=1S/C13H17ClN2O3S2/c1-19-15-10-6-8-2-3-9(7-10)13(8)16-21(17,18)12-5-4-11(14)20-12/h4-6,8-9,13,15-16H,2-3,7H2,1H3. The molecule has 1 fully saturated rings. The van der Waals surface area contributed by atoms with Crippen molar-refractivity contribution in [3.05, 3.63) is 28.2 Å². The summed E-state index contributed by atoms with van der Waals surface area (Å²) in [6, 6.07) is 3.11. The molecule has 1 heterocycles. The van der Waals surface area contributed by atoms with E-state index in [1.165, 1.54) is 0 Å². The molecule has 3 unspecified atom stereocenters. The molecule has 0 radical (unpaired) electrons. The smallest absolute Gasteiger partial charge is 0.250 e. The lowest BCUT2D eigenvalue weighted by molar-refractivity contribution is 0.109. The van der Waals surface area contributed by atoms with Crippen LogP contribution in [0.3, 0.4) is 0 Å². The monoisotopic (exact) mass is 348 g/mol. The summed E-state index contributed by atoms with van der Waals surface area (Å²) in [7, 11) is -1.91. The minimum atomic E-state index is -3.49. The van der Waals surface area contributed by atoms with E-state index in [9.17, 15) is 8.42 Å². The van der Waals surface area contributed by atoms with E-state index in [1.54, 1.807) is 19.2 Å². The molecule has 21 heavy (non-hydrogen) atoms. The number of sulfonamides is 1. The summed E-state index contributed by atoms with van der Waals surface area (Å²) in [5.41, 5.74) is 3.91. The van der Waals surface area contributed by atoms with Crippen LogP contribution in [0.15, 0.2) is 28.1 Å². The van der Waals surface area contributed by atoms with Gasteiger partial charge in [0.2, 0.25) is 10.0 Å². The summed E-state index contributed by atoms with van der Waals surface area (Å²) < 4.78 is 28.5. The van der Waals surface area contributed by atoms with Gasteiger partial charge in [-0.25, -0.2) is 13.1 Å². The van der Waals surface area contributed by atoms with Crippen LogP contribution in [0.5, 0.6) is 0 Å². The third kappa shape index (κ3) is 3.12. The second-order valence-corrected chi connectivity index (χ2v) is 9.07. The van der Waals surface area contributed by atoms with Crippen LogP contribution in [0.1, 0.15) is 19.3 Å². The van der Waals surface area contributed by atoms with E-state index in [1.807, 2.05) is 0 Å². The summed E-state index contributed by atoms with van der Waals surface area (Å²) in [6.07, 6.45) is 4.91. The molecule has 0 aromatic carbocycles. The molecule has 3 atom stereocenters. The first-order valence-corrected chi connectivity index (χ1v) is 9.45. The summed E-state index contributed by atoms with van der Waals surface area (Å²) in [4.78, 5) is 4.94. The van der Waals surface area contributed by atoms with Crippen molar-refractivity contribution in [1.29, 1.82) is 0 Å². The highest BCUT2D eigenvalue weighted by Crippen LogP contribution is 2.41. The van der Waals surface area contributed by atoms with Gasteiger partial charge in [0, 0.05) is 11.7 Å². The van der Waals surface area contributed by atoms with E-state index in [-0.39, 0.29) is 16.2 Å². The minimum absolute atomic E-state index is 0.0433. The number of hydrogen-bond acceptors (Lipinski definition) is 5. The molecule has 3 rings (SSSR count). The Morgan fingerprint density at radius 3 is 2.81 bits per heavy atom. The van der Waals surface area contributed by atoms with Gasteiger partial charge < -0.3 is 0 Å². The molecule has 2 aliphatic carbocycles. The molecule has 8 heteroatoms. The van der Waals surface area contributed by atoms with E-state index in [2.05, 4.69) is 16.3 Å². The quantitative estimate of drug-likeness (QED) is 0.802. The number of allylic oxidation sites excluding steroid dienone is 1. The average Bonchev–Trinajstić information content (AvgIpc) is 2.93. The Morgan fingerprint density at radius 2 is 2.19 bits per heavy atom. The van der Waals surface area contributed by atoms with Gasteiger partial charge in [-0.15, -0.1) is 11.3 Å². The highest BCUT2D eigenvalue weighted by atomic mass is 35.5. The SMILES string of the molecule is CONC1=CC2CCC(C1)C2NS(=O)(=O)c1ccc(Cl)s1. The number of hydrogen-bond donors (Lipinski definition) is 2. The summed E-state index contributed by atoms with van der Waals surface area (Å²) in [5, 5.41) is 0. The maximum atomic E-state index is 12.4. The van der Waals surface area contributed by atoms with E-state index in [0.717, 1.165) is 36.3 Å². The van der Waals surface area contributed by atoms with Crippen LogP contribution in [-0.4, -0.2) is 21.6 Å². The number of nitrogens with one attached hydrogen (secondary N) is 2. The minimum Gasteiger partial charge on any atom is -0.280 e. The number of hydroxylamine groups is 1. The van der Waals surface area contributed by atoms with Gasteiger partial charge >= 0.3 is 0 Å². The second kappa shape index (κ2) is 5.89. The molecule has 2 bridgehead atoms. The third-order valence-electron chi connectivity index (χ3n) is 4.08. The molecule has 5 nitrogen and oxygen atoms in total. The second-order valence-electron chi connectivity index (χ2n) is 5.41. The van der Waals surface area contributed by atoms with Crippen molar-refractivity contribution < 1.29 is 13.3 Å². The van der Waals surface area contributed by atoms with Gasteiger partial charge in [-0.3, -0.25) is 10.3 Å². The van der Waals surface area contributed by atoms with Gasteiger partial charge in [0.25, 0.3) is 0 Å². The normalized spacial score (nSPS) is 28.5. The van der Waals surface area contributed by atoms with Crippen molar-refractivity contribution in [2.45, 2.75) is 29.5 Å². The van der Waals surface area contributed by atoms with E-state index in [4.69, 9.17) is 16.4 Å². The van der Waals surface area contributed by atoms with Gasteiger partial charge in [-0.05, 0) is 43.2 Å². The molecule has 2 aliphatic rings. The fourth-order valence-corrected chi connectivity index (χ4v) is 6.07. The zero-order valence-electron chi connectivity index (χ0n) is 11.5. The Labute approximate surface area is 133 Å². The maximum absolute atomic E-state index is 12.4. The molecule has 2 N–H and O–H groups in total. The highest BCUT2D eigenvalue weighted by Gasteiger charge is 2.41. The number of rotatable bonds is 5. The van der Waals surface area contributed by atoms with E-state index in [0.29, 0.717) is 10.3 Å². The van der Waals surface area contributed by atoms with Crippen LogP contribution in [-0.2, 0) is 14.9 Å². The number of thiophene rings is 1. The molecular weight excluding hydrogens is 332 g/mol. The first-order chi connectivity index (χ1) is 9.99. The van der Waals surface area contributed by atoms with Crippen LogP contribution in [0.25, 0.3) is 0 Å². The Hall–Kier alpha value is -0.600. The molecule has 0 amide bonds. The van der Waals surface area contributed by atoms with E-state index >= 15 is 0 Å². The van der Waals surface area contributed by atoms with Crippen molar-refractivity contribution in [3.63, 3.8) is 0 Å². The number of fused-ring (bicyclic) bond motifs is 2. The molecule has 0 spiro atoms. The largest absolute Gasteiger partial charge is 0.280 e. The van der Waals surface area contributed by atoms with Crippen molar-refractivity contribution >= 4 is 33.0 Å². The molecule has 0 saturated heterocycles. The predicted octanol–water partition coefficient (Wildman–Crippen LogP) is 2.51. The zero-order valence-corrected chi connectivity index (χ0v) is 13.9. The lowest BCUT2D eigenvalue weighted by atomic mass is 9.88. The van der Waals surface area contributed by atoms with Crippen molar-refractivity contribution in [3.8, 4) is 0 Å². The Morgan fingerprint density at radius 1 is 1.38 bits per heavy atom. The van der Waals surface area contributed by atoms with Crippen molar-refractivity contribution in [1.82, 2.24) is 10.2 Å². The van der Waals surface area contributed by atoms with Gasteiger partial charge in [0.15, 0.2) is 0 Å². The average molecular weight is 349 g/mol. The van der Waals surface area contributed by atoms with Gasteiger partial charge in [-0.1, -0.05) is 17.7 Å². The summed E-state index contributed by atoms with van der Waals surface area (Å²) in [6.45, 7) is 0. The first kappa shape index (κ1) is 15.3. The molecule has 0 aliphatic heterocycles. The Balaban J connectivity index is 1.77. The Kier molecular flexibility index (Phi) is 4.29. The van der Waals surface area contributed by atoms with Gasteiger partial charge in [0.1, 0.15) is 4.21 Å². The molecular formula is C13H17ClN2O3S2. The molecule has 1 aromatic rings. The third-order valence-corrected chi connectivity index (χ3v) is 7.26. The lowest BCUT2D eigenvalue weighted by Gasteiger charge is -2.29. The van der Waals surface area contributed by atoms with Crippen LogP contribution >= 0.6 is 22.9 Å². The molecule has 116 valence electrons. The Bertz CT molecular complexity index is 656. The number of halogens is 1. The van der Waals surface area contributed by atoms with Crippen LogP contribution in [0, 0.1) is 11.8 Å². The summed E-state index contributed by atoms with van der Waals surface area (Å²) >= 11 is 6.91. The maximum Gasteiger partial charge on any atom is 0.250 e. The molecule has 1 saturated carbocycles.